The minimum atomic E-state index is -0.344. The molecule has 0 bridgehead atoms. The number of benzene rings is 3. The fourth-order valence-electron chi connectivity index (χ4n) is 3.22. The molecule has 0 saturated heterocycles. The van der Waals surface area contributed by atoms with E-state index in [1.54, 1.807) is 6.07 Å². The van der Waals surface area contributed by atoms with Crippen LogP contribution in [0.3, 0.4) is 0 Å². The summed E-state index contributed by atoms with van der Waals surface area (Å²) in [5.41, 5.74) is 1.79. The topological polar surface area (TPSA) is 34.1 Å². The fourth-order valence-corrected chi connectivity index (χ4v) is 5.71. The summed E-state index contributed by atoms with van der Waals surface area (Å²) in [7, 11) is -0.344. The zero-order valence-corrected chi connectivity index (χ0v) is 14.9. The molecule has 0 spiro atoms. The Kier molecular flexibility index (Phi) is 3.74. The van der Waals surface area contributed by atoms with Gasteiger partial charge in [0.25, 0.3) is 0 Å². The molecular weight excluding hydrogens is 328 g/mol. The molecule has 0 aliphatic heterocycles. The molecule has 122 valence electrons. The Bertz CT molecular complexity index is 1200. The molecule has 1 unspecified atom stereocenters. The van der Waals surface area contributed by atoms with Crippen molar-refractivity contribution < 1.29 is 4.79 Å². The first-order chi connectivity index (χ1) is 12.1. The van der Waals surface area contributed by atoms with Crippen molar-refractivity contribution >= 4 is 36.4 Å². The highest BCUT2D eigenvalue weighted by Crippen LogP contribution is 2.44. The summed E-state index contributed by atoms with van der Waals surface area (Å²) in [5.74, 6) is -0.0229. The summed E-state index contributed by atoms with van der Waals surface area (Å²) < 4.78 is 2.06. The number of ketones is 1. The standard InChI is InChI=1S/C22H17O2S/c1-14-7-3-5-9-19(14)25-20-10-6-4-8-17(20)22(24)18-13-16(15(2)23)11-12-21(18)25/h3-13H,1-2H3/q+1. The van der Waals surface area contributed by atoms with Crippen molar-refractivity contribution in [2.45, 2.75) is 13.8 Å². The van der Waals surface area contributed by atoms with Crippen molar-refractivity contribution in [3.05, 3.63) is 88.1 Å². The van der Waals surface area contributed by atoms with E-state index in [0.29, 0.717) is 10.9 Å². The van der Waals surface area contributed by atoms with Crippen LogP contribution in [0.2, 0.25) is 0 Å². The Morgan fingerprint density at radius 3 is 2.28 bits per heavy atom. The van der Waals surface area contributed by atoms with Crippen molar-refractivity contribution in [1.82, 2.24) is 0 Å². The molecule has 0 fully saturated rings. The van der Waals surface area contributed by atoms with E-state index in [1.807, 2.05) is 48.5 Å². The second-order valence-corrected chi connectivity index (χ2v) is 8.10. The molecule has 25 heavy (non-hydrogen) atoms. The zero-order valence-electron chi connectivity index (χ0n) is 14.1. The van der Waals surface area contributed by atoms with Crippen LogP contribution < -0.4 is 5.43 Å². The van der Waals surface area contributed by atoms with E-state index in [2.05, 4.69) is 19.1 Å². The maximum absolute atomic E-state index is 13.0. The molecule has 0 aliphatic rings. The summed E-state index contributed by atoms with van der Waals surface area (Å²) >= 11 is 0. The fraction of sp³-hybridized carbons (Fsp3) is 0.0909. The van der Waals surface area contributed by atoms with E-state index in [-0.39, 0.29) is 21.7 Å². The van der Waals surface area contributed by atoms with E-state index in [4.69, 9.17) is 0 Å². The van der Waals surface area contributed by atoms with Crippen LogP contribution >= 0.6 is 10.5 Å². The summed E-state index contributed by atoms with van der Waals surface area (Å²) in [6.45, 7) is 3.63. The Hall–Kier alpha value is -2.78. The van der Waals surface area contributed by atoms with Gasteiger partial charge in [-0.05, 0) is 50.2 Å². The molecule has 0 amide bonds. The lowest BCUT2D eigenvalue weighted by atomic mass is 10.1. The highest BCUT2D eigenvalue weighted by atomic mass is 32.2. The Morgan fingerprint density at radius 1 is 0.840 bits per heavy atom. The van der Waals surface area contributed by atoms with Crippen LogP contribution in [-0.2, 0) is 0 Å². The van der Waals surface area contributed by atoms with Gasteiger partial charge in [0.15, 0.2) is 20.1 Å². The van der Waals surface area contributed by atoms with E-state index in [9.17, 15) is 9.59 Å². The summed E-state index contributed by atoms with van der Waals surface area (Å²) in [6.07, 6.45) is 0. The number of Topliss-reactive ketones (excluding diaryl/α,β-unsaturated/α-hetero) is 1. The second-order valence-electron chi connectivity index (χ2n) is 6.16. The predicted molar refractivity (Wildman–Crippen MR) is 106 cm³/mol. The summed E-state index contributed by atoms with van der Waals surface area (Å²) in [6, 6.07) is 21.7. The molecule has 0 N–H and O–H groups in total. The minimum Gasteiger partial charge on any atom is -0.295 e. The summed E-state index contributed by atoms with van der Waals surface area (Å²) in [4.78, 5) is 26.0. The number of carbonyl (C=O) groups excluding carboxylic acids is 1. The third kappa shape index (κ3) is 2.48. The van der Waals surface area contributed by atoms with Gasteiger partial charge in [-0.2, -0.15) is 0 Å². The molecular formula is C22H17O2S+. The van der Waals surface area contributed by atoms with Crippen molar-refractivity contribution in [2.24, 2.45) is 0 Å². The van der Waals surface area contributed by atoms with Gasteiger partial charge in [0, 0.05) is 21.6 Å². The van der Waals surface area contributed by atoms with E-state index in [1.165, 1.54) is 17.4 Å². The monoisotopic (exact) mass is 345 g/mol. The van der Waals surface area contributed by atoms with Crippen LogP contribution in [0, 0.1) is 6.92 Å². The maximum Gasteiger partial charge on any atom is 0.204 e. The van der Waals surface area contributed by atoms with Gasteiger partial charge >= 0.3 is 0 Å². The lowest BCUT2D eigenvalue weighted by Crippen LogP contribution is -2.04. The van der Waals surface area contributed by atoms with Gasteiger partial charge in [0.1, 0.15) is 0 Å². The molecule has 2 nitrogen and oxygen atoms in total. The molecule has 1 atom stereocenters. The van der Waals surface area contributed by atoms with Gasteiger partial charge in [-0.3, -0.25) is 9.59 Å². The number of carbonyl (C=O) groups is 1. The molecule has 3 heteroatoms. The molecule has 4 aromatic rings. The first-order valence-corrected chi connectivity index (χ1v) is 9.39. The third-order valence-electron chi connectivity index (χ3n) is 4.52. The van der Waals surface area contributed by atoms with Gasteiger partial charge < -0.3 is 0 Å². The number of rotatable bonds is 2. The summed E-state index contributed by atoms with van der Waals surface area (Å²) in [5, 5.41) is 1.39. The molecule has 1 heterocycles. The normalized spacial score (nSPS) is 11.8. The quantitative estimate of drug-likeness (QED) is 0.269. The van der Waals surface area contributed by atoms with Crippen LogP contribution in [0.25, 0.3) is 25.1 Å². The van der Waals surface area contributed by atoms with Crippen LogP contribution in [0.4, 0.5) is 0 Å². The van der Waals surface area contributed by atoms with Crippen LogP contribution in [0.1, 0.15) is 22.8 Å². The Labute approximate surface area is 148 Å². The van der Waals surface area contributed by atoms with Crippen molar-refractivity contribution in [3.63, 3.8) is 0 Å². The highest BCUT2D eigenvalue weighted by molar-refractivity contribution is 7.49. The average molecular weight is 345 g/mol. The molecule has 3 aromatic carbocycles. The SMILES string of the molecule is CC(=O)c1ccc2c(c1)c(=O)c1ccccc1[s+]2-c1ccccc1C. The number of aryl methyl sites for hydroxylation is 1. The smallest absolute Gasteiger partial charge is 0.204 e. The van der Waals surface area contributed by atoms with Gasteiger partial charge in [-0.25, -0.2) is 0 Å². The van der Waals surface area contributed by atoms with Gasteiger partial charge in [0.05, 0.1) is 10.8 Å². The zero-order chi connectivity index (χ0) is 17.6. The number of fused-ring (bicyclic) bond motifs is 2. The van der Waals surface area contributed by atoms with Crippen molar-refractivity contribution in [3.8, 4) is 4.90 Å². The second kappa shape index (κ2) is 5.94. The molecule has 1 aromatic heterocycles. The van der Waals surface area contributed by atoms with Gasteiger partial charge in [-0.15, -0.1) is 0 Å². The highest BCUT2D eigenvalue weighted by Gasteiger charge is 2.24. The largest absolute Gasteiger partial charge is 0.295 e. The molecule has 4 rings (SSSR count). The van der Waals surface area contributed by atoms with Crippen LogP contribution in [0.15, 0.2) is 71.5 Å². The minimum absolute atomic E-state index is 0.00559. The Balaban J connectivity index is 2.26. The van der Waals surface area contributed by atoms with Gasteiger partial charge in [-0.1, -0.05) is 30.3 Å². The predicted octanol–water partition coefficient (Wildman–Crippen LogP) is 5.60. The maximum atomic E-state index is 13.0. The molecule has 0 saturated carbocycles. The number of hydrogen-bond donors (Lipinski definition) is 0. The van der Waals surface area contributed by atoms with Crippen molar-refractivity contribution in [1.29, 1.82) is 0 Å². The lowest BCUT2D eigenvalue weighted by Gasteiger charge is -2.06. The van der Waals surface area contributed by atoms with Crippen molar-refractivity contribution in [2.75, 3.05) is 0 Å². The molecule has 0 radical (unpaired) electrons. The first-order valence-electron chi connectivity index (χ1n) is 8.16. The van der Waals surface area contributed by atoms with Gasteiger partial charge in [0.2, 0.25) is 5.43 Å². The van der Waals surface area contributed by atoms with Crippen LogP contribution in [0.5, 0.6) is 0 Å². The van der Waals surface area contributed by atoms with E-state index < -0.39 is 0 Å². The average Bonchev–Trinajstić information content (AvgIpc) is 2.63. The lowest BCUT2D eigenvalue weighted by molar-refractivity contribution is 0.101. The Morgan fingerprint density at radius 2 is 1.52 bits per heavy atom. The number of hydrogen-bond acceptors (Lipinski definition) is 2. The van der Waals surface area contributed by atoms with E-state index >= 15 is 0 Å². The van der Waals surface area contributed by atoms with E-state index in [0.717, 1.165) is 14.8 Å². The third-order valence-corrected chi connectivity index (χ3v) is 7.01. The van der Waals surface area contributed by atoms with Crippen LogP contribution in [-0.4, -0.2) is 5.78 Å². The molecule has 0 aliphatic carbocycles. The first kappa shape index (κ1) is 15.7.